The van der Waals surface area contributed by atoms with Gasteiger partial charge in [-0.05, 0) is 57.5 Å². The van der Waals surface area contributed by atoms with Gasteiger partial charge in [0.2, 0.25) is 0 Å². The Morgan fingerprint density at radius 3 is 2.81 bits per heavy atom. The molecule has 2 atom stereocenters. The zero-order valence-electron chi connectivity index (χ0n) is 13.5. The van der Waals surface area contributed by atoms with Crippen molar-refractivity contribution in [3.05, 3.63) is 28.8 Å². The Kier molecular flexibility index (Phi) is 5.91. The van der Waals surface area contributed by atoms with Gasteiger partial charge in [-0.3, -0.25) is 0 Å². The first-order valence-corrected chi connectivity index (χ1v) is 8.34. The molecule has 1 heterocycles. The van der Waals surface area contributed by atoms with Gasteiger partial charge in [0.15, 0.2) is 0 Å². The number of nitrogens with zero attached hydrogens (tertiary/aromatic N) is 2. The van der Waals surface area contributed by atoms with Crippen molar-refractivity contribution in [2.45, 2.75) is 44.7 Å². The molecule has 1 fully saturated rings. The Morgan fingerprint density at radius 1 is 1.43 bits per heavy atom. The molecule has 118 valence electrons. The zero-order chi connectivity index (χ0) is 15.4. The van der Waals surface area contributed by atoms with Gasteiger partial charge in [0.25, 0.3) is 0 Å². The number of hydrogen-bond donors (Lipinski definition) is 1. The van der Waals surface area contributed by atoms with Crippen LogP contribution in [0.5, 0.6) is 0 Å². The van der Waals surface area contributed by atoms with Crippen LogP contribution in [0.3, 0.4) is 0 Å². The summed E-state index contributed by atoms with van der Waals surface area (Å²) in [6.45, 7) is 4.27. The van der Waals surface area contributed by atoms with E-state index in [1.807, 2.05) is 0 Å². The van der Waals surface area contributed by atoms with Gasteiger partial charge >= 0.3 is 0 Å². The minimum atomic E-state index is 0.222. The molecule has 21 heavy (non-hydrogen) atoms. The Hall–Kier alpha value is -0.770. The fraction of sp³-hybridized carbons (Fsp3) is 0.647. The molecule has 1 aliphatic rings. The molecule has 0 aliphatic carbocycles. The highest BCUT2D eigenvalue weighted by molar-refractivity contribution is 6.33. The van der Waals surface area contributed by atoms with Crippen LogP contribution in [0.1, 0.15) is 31.7 Å². The van der Waals surface area contributed by atoms with Crippen LogP contribution in [0.15, 0.2) is 18.2 Å². The van der Waals surface area contributed by atoms with Crippen LogP contribution < -0.4 is 10.6 Å². The number of piperidine rings is 1. The predicted molar refractivity (Wildman–Crippen MR) is 92.3 cm³/mol. The van der Waals surface area contributed by atoms with Crippen LogP contribution in [-0.4, -0.2) is 44.2 Å². The molecular weight excluding hydrogens is 282 g/mol. The third-order valence-corrected chi connectivity index (χ3v) is 4.80. The van der Waals surface area contributed by atoms with Crippen LogP contribution in [0.4, 0.5) is 5.69 Å². The third-order valence-electron chi connectivity index (χ3n) is 4.50. The minimum absolute atomic E-state index is 0.222. The molecule has 3 nitrogen and oxygen atoms in total. The average Bonchev–Trinajstić information content (AvgIpc) is 2.47. The Labute approximate surface area is 134 Å². The molecule has 0 saturated carbocycles. The van der Waals surface area contributed by atoms with Crippen LogP contribution in [0.2, 0.25) is 5.02 Å². The van der Waals surface area contributed by atoms with E-state index in [4.69, 9.17) is 17.3 Å². The van der Waals surface area contributed by atoms with Gasteiger partial charge in [-0.25, -0.2) is 0 Å². The normalized spacial score (nSPS) is 20.9. The molecule has 4 heteroatoms. The van der Waals surface area contributed by atoms with Gasteiger partial charge < -0.3 is 15.5 Å². The lowest BCUT2D eigenvalue weighted by atomic mass is 10.0. The van der Waals surface area contributed by atoms with E-state index in [1.54, 1.807) is 0 Å². The van der Waals surface area contributed by atoms with Crippen molar-refractivity contribution in [3.63, 3.8) is 0 Å². The summed E-state index contributed by atoms with van der Waals surface area (Å²) in [4.78, 5) is 4.73. The quantitative estimate of drug-likeness (QED) is 0.907. The van der Waals surface area contributed by atoms with E-state index in [0.29, 0.717) is 6.04 Å². The highest BCUT2D eigenvalue weighted by Gasteiger charge is 2.22. The van der Waals surface area contributed by atoms with Crippen molar-refractivity contribution in [1.29, 1.82) is 0 Å². The second-order valence-electron chi connectivity index (χ2n) is 6.36. The molecule has 0 aromatic heterocycles. The van der Waals surface area contributed by atoms with Crippen molar-refractivity contribution in [2.24, 2.45) is 5.73 Å². The van der Waals surface area contributed by atoms with Crippen LogP contribution in [0, 0.1) is 0 Å². The minimum Gasteiger partial charge on any atom is -0.369 e. The van der Waals surface area contributed by atoms with Crippen molar-refractivity contribution in [1.82, 2.24) is 4.90 Å². The molecule has 0 amide bonds. The number of halogens is 1. The molecule has 1 aromatic rings. The number of hydrogen-bond acceptors (Lipinski definition) is 3. The van der Waals surface area contributed by atoms with Crippen LogP contribution >= 0.6 is 11.6 Å². The Morgan fingerprint density at radius 2 is 2.19 bits per heavy atom. The van der Waals surface area contributed by atoms with E-state index in [9.17, 15) is 0 Å². The molecule has 1 aliphatic heterocycles. The smallest absolute Gasteiger partial charge is 0.0642 e. The summed E-state index contributed by atoms with van der Waals surface area (Å²) in [5, 5.41) is 0.857. The van der Waals surface area contributed by atoms with Crippen molar-refractivity contribution in [3.8, 4) is 0 Å². The zero-order valence-corrected chi connectivity index (χ0v) is 14.2. The van der Waals surface area contributed by atoms with Gasteiger partial charge in [0.05, 0.1) is 10.7 Å². The topological polar surface area (TPSA) is 32.5 Å². The van der Waals surface area contributed by atoms with E-state index in [1.165, 1.54) is 18.4 Å². The van der Waals surface area contributed by atoms with Gasteiger partial charge in [-0.1, -0.05) is 24.6 Å². The standard InChI is InChI=1S/C17H28ClN3/c1-4-14(19)10-13-7-8-17(16(18)11-13)21-9-5-6-15(12-21)20(2)3/h7-8,11,14-15H,4-6,9-10,12,19H2,1-3H3. The van der Waals surface area contributed by atoms with Gasteiger partial charge in [-0.2, -0.15) is 0 Å². The summed E-state index contributed by atoms with van der Waals surface area (Å²) >= 11 is 6.52. The molecule has 2 rings (SSSR count). The van der Waals surface area contributed by atoms with E-state index in [0.717, 1.165) is 36.6 Å². The molecule has 0 radical (unpaired) electrons. The molecule has 1 aromatic carbocycles. The second-order valence-corrected chi connectivity index (χ2v) is 6.77. The van der Waals surface area contributed by atoms with E-state index in [-0.39, 0.29) is 6.04 Å². The SMILES string of the molecule is CCC(N)Cc1ccc(N2CCCC(N(C)C)C2)c(Cl)c1. The van der Waals surface area contributed by atoms with Crippen molar-refractivity contribution >= 4 is 17.3 Å². The average molecular weight is 310 g/mol. The summed E-state index contributed by atoms with van der Waals surface area (Å²) in [6, 6.07) is 7.27. The van der Waals surface area contributed by atoms with Gasteiger partial charge in [-0.15, -0.1) is 0 Å². The van der Waals surface area contributed by atoms with Gasteiger partial charge in [0, 0.05) is 25.2 Å². The molecule has 1 saturated heterocycles. The lowest BCUT2D eigenvalue weighted by Gasteiger charge is -2.38. The number of nitrogens with two attached hydrogens (primary N) is 1. The van der Waals surface area contributed by atoms with Crippen LogP contribution in [-0.2, 0) is 6.42 Å². The maximum Gasteiger partial charge on any atom is 0.0642 e. The van der Waals surface area contributed by atoms with E-state index >= 15 is 0 Å². The summed E-state index contributed by atoms with van der Waals surface area (Å²) in [6.07, 6.45) is 4.39. The van der Waals surface area contributed by atoms with Crippen molar-refractivity contribution < 1.29 is 0 Å². The first-order chi connectivity index (χ1) is 10.0. The lowest BCUT2D eigenvalue weighted by Crippen LogP contribution is -2.45. The Balaban J connectivity index is 2.09. The molecule has 0 bridgehead atoms. The maximum atomic E-state index is 6.52. The molecular formula is C17H28ClN3. The highest BCUT2D eigenvalue weighted by atomic mass is 35.5. The maximum absolute atomic E-state index is 6.52. The van der Waals surface area contributed by atoms with Crippen molar-refractivity contribution in [2.75, 3.05) is 32.1 Å². The number of anilines is 1. The van der Waals surface area contributed by atoms with E-state index < -0.39 is 0 Å². The number of likely N-dealkylation sites (N-methyl/N-ethyl adjacent to an activating group) is 1. The number of rotatable bonds is 5. The molecule has 2 N–H and O–H groups in total. The highest BCUT2D eigenvalue weighted by Crippen LogP contribution is 2.30. The Bertz CT molecular complexity index is 461. The second kappa shape index (κ2) is 7.48. The third kappa shape index (κ3) is 4.35. The largest absolute Gasteiger partial charge is 0.369 e. The summed E-state index contributed by atoms with van der Waals surface area (Å²) < 4.78 is 0. The molecule has 2 unspecified atom stereocenters. The monoisotopic (exact) mass is 309 g/mol. The fourth-order valence-corrected chi connectivity index (χ4v) is 3.30. The van der Waals surface area contributed by atoms with Gasteiger partial charge in [0.1, 0.15) is 0 Å². The molecule has 0 spiro atoms. The first-order valence-electron chi connectivity index (χ1n) is 7.96. The van der Waals surface area contributed by atoms with Crippen LogP contribution in [0.25, 0.3) is 0 Å². The fourth-order valence-electron chi connectivity index (χ4n) is 2.98. The summed E-state index contributed by atoms with van der Waals surface area (Å²) in [5.74, 6) is 0. The summed E-state index contributed by atoms with van der Waals surface area (Å²) in [5.41, 5.74) is 8.43. The van der Waals surface area contributed by atoms with E-state index in [2.05, 4.69) is 49.0 Å². The summed E-state index contributed by atoms with van der Waals surface area (Å²) in [7, 11) is 4.32. The lowest BCUT2D eigenvalue weighted by molar-refractivity contribution is 0.258. The predicted octanol–water partition coefficient (Wildman–Crippen LogP) is 3.15. The first kappa shape index (κ1) is 16.6. The number of benzene rings is 1.